The predicted molar refractivity (Wildman–Crippen MR) is 184 cm³/mol. The van der Waals surface area contributed by atoms with Gasteiger partial charge in [-0.1, -0.05) is 121 Å². The molecule has 3 heterocycles. The molecule has 0 saturated carbocycles. The number of rotatable bonds is 5. The van der Waals surface area contributed by atoms with Gasteiger partial charge in [0.25, 0.3) is 8.53 Å². The Morgan fingerprint density at radius 3 is 1.11 bits per heavy atom. The molecule has 0 amide bonds. The molecule has 0 N–H and O–H groups in total. The van der Waals surface area contributed by atoms with E-state index in [2.05, 4.69) is 154 Å². The van der Waals surface area contributed by atoms with Crippen LogP contribution in [0.5, 0.6) is 0 Å². The summed E-state index contributed by atoms with van der Waals surface area (Å²) in [4.78, 5) is 0. The fourth-order valence-electron chi connectivity index (χ4n) is 8.18. The largest absolute Gasteiger partial charge is 0.341 e. The van der Waals surface area contributed by atoms with E-state index in [0.717, 1.165) is 41.5 Å². The van der Waals surface area contributed by atoms with Gasteiger partial charge < -0.3 is 18.5 Å². The molecule has 0 bridgehead atoms. The molecule has 2 atom stereocenters. The summed E-state index contributed by atoms with van der Waals surface area (Å²) in [6, 6.07) is 42.2. The van der Waals surface area contributed by atoms with Gasteiger partial charge in [-0.2, -0.15) is 0 Å². The summed E-state index contributed by atoms with van der Waals surface area (Å²) in [5, 5.41) is 0. The first-order valence-corrected chi connectivity index (χ1v) is 17.7. The maximum absolute atomic E-state index is 7.85. The molecule has 0 radical (unpaired) electrons. The zero-order valence-corrected chi connectivity index (χ0v) is 28.7. The summed E-state index contributed by atoms with van der Waals surface area (Å²) < 4.78 is 32.6. The molecule has 3 aliphatic heterocycles. The molecule has 5 nitrogen and oxygen atoms in total. The van der Waals surface area contributed by atoms with E-state index < -0.39 is 37.7 Å². The van der Waals surface area contributed by atoms with Crippen molar-refractivity contribution in [1.29, 1.82) is 0 Å². The Labute approximate surface area is 275 Å². The van der Waals surface area contributed by atoms with Crippen molar-refractivity contribution >= 4 is 8.53 Å². The Hall–Kier alpha value is -2.89. The number of nitrogens with zero attached hydrogens (tertiary/aromatic N) is 1. The van der Waals surface area contributed by atoms with Crippen LogP contribution in [-0.2, 0) is 29.7 Å². The third-order valence-corrected chi connectivity index (χ3v) is 12.3. The molecular weight excluding hydrogens is 589 g/mol. The lowest BCUT2D eigenvalue weighted by Crippen LogP contribution is -2.56. The molecule has 3 saturated heterocycles. The molecule has 3 aliphatic rings. The molecule has 0 aromatic heterocycles. The van der Waals surface area contributed by atoms with Crippen LogP contribution in [0.2, 0.25) is 0 Å². The minimum absolute atomic E-state index is 0.188. The van der Waals surface area contributed by atoms with E-state index in [1.54, 1.807) is 0 Å². The molecule has 240 valence electrons. The Kier molecular flexibility index (Phi) is 8.04. The molecule has 4 aromatic rings. The van der Waals surface area contributed by atoms with Crippen molar-refractivity contribution < 1.29 is 18.5 Å². The first-order valence-electron chi connectivity index (χ1n) is 16.6. The van der Waals surface area contributed by atoms with Gasteiger partial charge in [-0.05, 0) is 83.1 Å². The Morgan fingerprint density at radius 1 is 0.500 bits per heavy atom. The van der Waals surface area contributed by atoms with Crippen molar-refractivity contribution in [2.45, 2.75) is 101 Å². The molecule has 7 rings (SSSR count). The molecule has 3 fully saturated rings. The van der Waals surface area contributed by atoms with Crippen molar-refractivity contribution in [3.8, 4) is 0 Å². The van der Waals surface area contributed by atoms with Crippen molar-refractivity contribution in [3.63, 3.8) is 0 Å². The summed E-state index contributed by atoms with van der Waals surface area (Å²) >= 11 is 0. The molecule has 0 unspecified atom stereocenters. The van der Waals surface area contributed by atoms with E-state index in [1.165, 1.54) is 0 Å². The van der Waals surface area contributed by atoms with Crippen molar-refractivity contribution in [2.24, 2.45) is 0 Å². The SMILES string of the molecule is CC1(C)O[C@@H]2[C@@H](O1)C(c1ccccc1)(c1ccccc1)OP(N1C(C)(C)CCCC1(C)C)OC2(c1ccccc1)c1ccccc1. The van der Waals surface area contributed by atoms with Gasteiger partial charge in [-0.15, -0.1) is 0 Å². The molecule has 6 heteroatoms. The third-order valence-electron chi connectivity index (χ3n) is 10.0. The lowest BCUT2D eigenvalue weighted by Gasteiger charge is -2.56. The Balaban J connectivity index is 1.60. The van der Waals surface area contributed by atoms with Gasteiger partial charge in [-0.25, -0.2) is 4.67 Å². The molecule has 0 spiro atoms. The van der Waals surface area contributed by atoms with Gasteiger partial charge in [-0.3, -0.25) is 0 Å². The number of benzene rings is 4. The lowest BCUT2D eigenvalue weighted by atomic mass is 9.72. The van der Waals surface area contributed by atoms with Gasteiger partial charge in [0.05, 0.1) is 0 Å². The second-order valence-electron chi connectivity index (χ2n) is 14.6. The van der Waals surface area contributed by atoms with Crippen LogP contribution in [0.3, 0.4) is 0 Å². The summed E-state index contributed by atoms with van der Waals surface area (Å²) in [7, 11) is -1.75. The van der Waals surface area contributed by atoms with E-state index in [9.17, 15) is 0 Å². The quantitative estimate of drug-likeness (QED) is 0.204. The van der Waals surface area contributed by atoms with E-state index >= 15 is 0 Å². The van der Waals surface area contributed by atoms with Gasteiger partial charge in [0, 0.05) is 11.1 Å². The summed E-state index contributed by atoms with van der Waals surface area (Å²) in [6.07, 6.45) is 2.09. The fourth-order valence-corrected chi connectivity index (χ4v) is 10.6. The highest BCUT2D eigenvalue weighted by Crippen LogP contribution is 2.69. The number of hydrogen-bond donors (Lipinski definition) is 0. The average molecular weight is 636 g/mol. The van der Waals surface area contributed by atoms with E-state index in [1.807, 2.05) is 13.8 Å². The number of hydrogen-bond acceptors (Lipinski definition) is 5. The maximum atomic E-state index is 7.85. The zero-order valence-electron chi connectivity index (χ0n) is 27.9. The standard InChI is InChI=1S/C40H46NO4P/c1-36(2)28-19-29-37(3,4)41(36)46-44-39(30-20-11-7-12-21-30,31-22-13-8-14-23-31)34-35(43-38(5,6)42-34)40(45-46,32-24-15-9-16-25-32)33-26-17-10-18-27-33/h7-18,20-27,34-35H,19,28-29H2,1-6H3/t34-,35-/m1/s1. The van der Waals surface area contributed by atoms with Crippen LogP contribution < -0.4 is 0 Å². The first kappa shape index (κ1) is 31.7. The van der Waals surface area contributed by atoms with Crippen molar-refractivity contribution in [3.05, 3.63) is 144 Å². The van der Waals surface area contributed by atoms with Gasteiger partial charge in [0.15, 0.2) is 17.0 Å². The topological polar surface area (TPSA) is 40.2 Å². The third kappa shape index (κ3) is 5.17. The Morgan fingerprint density at radius 2 is 0.804 bits per heavy atom. The summed E-state index contributed by atoms with van der Waals surface area (Å²) in [5.74, 6) is -0.907. The highest BCUT2D eigenvalue weighted by Gasteiger charge is 2.68. The molecule has 4 aromatic carbocycles. The van der Waals surface area contributed by atoms with Gasteiger partial charge in [0.1, 0.15) is 12.2 Å². The van der Waals surface area contributed by atoms with Crippen LogP contribution in [0.25, 0.3) is 0 Å². The van der Waals surface area contributed by atoms with Gasteiger partial charge in [0.2, 0.25) is 0 Å². The van der Waals surface area contributed by atoms with Crippen molar-refractivity contribution in [1.82, 2.24) is 4.67 Å². The van der Waals surface area contributed by atoms with Crippen LogP contribution in [0, 0.1) is 0 Å². The number of fused-ring (bicyclic) bond motifs is 1. The fraction of sp³-hybridized carbons (Fsp3) is 0.400. The monoisotopic (exact) mass is 635 g/mol. The average Bonchev–Trinajstić information content (AvgIpc) is 3.33. The zero-order chi connectivity index (χ0) is 32.2. The number of piperidine rings is 1. The number of ether oxygens (including phenoxy) is 2. The molecular formula is C40H46NO4P. The second-order valence-corrected chi connectivity index (χ2v) is 15.9. The second kappa shape index (κ2) is 11.7. The van der Waals surface area contributed by atoms with E-state index in [4.69, 9.17) is 18.5 Å². The predicted octanol–water partition coefficient (Wildman–Crippen LogP) is 9.71. The lowest BCUT2D eigenvalue weighted by molar-refractivity contribution is -0.176. The van der Waals surface area contributed by atoms with Crippen LogP contribution in [0.15, 0.2) is 121 Å². The normalized spacial score (nSPS) is 26.6. The molecule has 0 aliphatic carbocycles. The van der Waals surface area contributed by atoms with Crippen LogP contribution in [0.4, 0.5) is 0 Å². The summed E-state index contributed by atoms with van der Waals surface area (Å²) in [6.45, 7) is 13.4. The smallest absolute Gasteiger partial charge is 0.262 e. The minimum Gasteiger partial charge on any atom is -0.341 e. The highest BCUT2D eigenvalue weighted by atomic mass is 31.2. The first-order chi connectivity index (χ1) is 22.0. The molecule has 46 heavy (non-hydrogen) atoms. The van der Waals surface area contributed by atoms with Crippen molar-refractivity contribution in [2.75, 3.05) is 0 Å². The van der Waals surface area contributed by atoms with E-state index in [0.29, 0.717) is 0 Å². The maximum Gasteiger partial charge on any atom is 0.262 e. The van der Waals surface area contributed by atoms with Crippen LogP contribution >= 0.6 is 8.53 Å². The van der Waals surface area contributed by atoms with Crippen LogP contribution in [-0.4, -0.2) is 33.7 Å². The van der Waals surface area contributed by atoms with Gasteiger partial charge >= 0.3 is 0 Å². The summed E-state index contributed by atoms with van der Waals surface area (Å²) in [5.41, 5.74) is 1.56. The minimum atomic E-state index is -1.75. The van der Waals surface area contributed by atoms with E-state index in [-0.39, 0.29) is 11.1 Å². The van der Waals surface area contributed by atoms with Crippen LogP contribution in [0.1, 0.15) is 83.1 Å². The highest BCUT2D eigenvalue weighted by molar-refractivity contribution is 7.44. The Bertz CT molecular complexity index is 1430.